The number of fused-ring (bicyclic) bond motifs is 3. The van der Waals surface area contributed by atoms with Crippen LogP contribution in [0.5, 0.6) is 0 Å². The Kier molecular flexibility index (Phi) is 1.46. The molecule has 2 bridgehead atoms. The van der Waals surface area contributed by atoms with Crippen LogP contribution in [-0.4, -0.2) is 29.8 Å². The minimum atomic E-state index is 0.688. The number of rotatable bonds is 0. The lowest BCUT2D eigenvalue weighted by molar-refractivity contribution is 0.119. The van der Waals surface area contributed by atoms with Gasteiger partial charge in [0.2, 0.25) is 0 Å². The molecule has 1 unspecified atom stereocenters. The van der Waals surface area contributed by atoms with Crippen molar-refractivity contribution in [3.05, 3.63) is 0 Å². The summed E-state index contributed by atoms with van der Waals surface area (Å²) in [7, 11) is 0. The van der Waals surface area contributed by atoms with Gasteiger partial charge in [-0.15, -0.1) is 0 Å². The molecule has 3 saturated heterocycles. The number of thiol groups is 1. The van der Waals surface area contributed by atoms with Crippen molar-refractivity contribution in [2.45, 2.75) is 18.1 Å². The standard InChI is InChI=1S/C7H13NS/c9-7-5-8-3-1-6(7)2-4-8/h6-7,9H,1-5H2. The highest BCUT2D eigenvalue weighted by atomic mass is 32.1. The predicted molar refractivity (Wildman–Crippen MR) is 41.9 cm³/mol. The first-order chi connectivity index (χ1) is 4.36. The van der Waals surface area contributed by atoms with Gasteiger partial charge in [0.1, 0.15) is 0 Å². The summed E-state index contributed by atoms with van der Waals surface area (Å²) in [5.74, 6) is 0.943. The first-order valence-electron chi connectivity index (χ1n) is 3.76. The molecular formula is C7H13NS. The number of hydrogen-bond donors (Lipinski definition) is 1. The van der Waals surface area contributed by atoms with Crippen molar-refractivity contribution in [3.8, 4) is 0 Å². The maximum atomic E-state index is 4.53. The Morgan fingerprint density at radius 2 is 1.89 bits per heavy atom. The van der Waals surface area contributed by atoms with E-state index < -0.39 is 0 Å². The molecule has 0 aromatic carbocycles. The van der Waals surface area contributed by atoms with Crippen molar-refractivity contribution in [1.29, 1.82) is 0 Å². The van der Waals surface area contributed by atoms with Crippen LogP contribution in [0.4, 0.5) is 0 Å². The molecule has 52 valence electrons. The second kappa shape index (κ2) is 2.17. The Bertz CT molecular complexity index is 107. The Balaban J connectivity index is 2.06. The molecule has 3 fully saturated rings. The van der Waals surface area contributed by atoms with Gasteiger partial charge in [-0.3, -0.25) is 0 Å². The van der Waals surface area contributed by atoms with Gasteiger partial charge in [-0.05, 0) is 31.8 Å². The van der Waals surface area contributed by atoms with E-state index in [1.165, 1.54) is 32.5 Å². The molecule has 0 spiro atoms. The van der Waals surface area contributed by atoms with Gasteiger partial charge < -0.3 is 4.90 Å². The molecule has 0 radical (unpaired) electrons. The molecule has 3 aliphatic heterocycles. The lowest BCUT2D eigenvalue weighted by Gasteiger charge is -2.42. The van der Waals surface area contributed by atoms with Crippen molar-refractivity contribution < 1.29 is 0 Å². The maximum absolute atomic E-state index is 4.53. The van der Waals surface area contributed by atoms with E-state index in [1.807, 2.05) is 0 Å². The summed E-state index contributed by atoms with van der Waals surface area (Å²) in [5, 5.41) is 0.688. The Morgan fingerprint density at radius 3 is 2.11 bits per heavy atom. The lowest BCUT2D eigenvalue weighted by atomic mass is 9.88. The van der Waals surface area contributed by atoms with Crippen LogP contribution in [0, 0.1) is 5.92 Å². The lowest BCUT2D eigenvalue weighted by Crippen LogP contribution is -2.48. The number of nitrogens with zero attached hydrogens (tertiary/aromatic N) is 1. The highest BCUT2D eigenvalue weighted by molar-refractivity contribution is 7.81. The van der Waals surface area contributed by atoms with Gasteiger partial charge in [-0.1, -0.05) is 0 Å². The van der Waals surface area contributed by atoms with E-state index >= 15 is 0 Å². The largest absolute Gasteiger partial charge is 0.302 e. The van der Waals surface area contributed by atoms with Crippen molar-refractivity contribution in [2.75, 3.05) is 19.6 Å². The minimum absolute atomic E-state index is 0.688. The third kappa shape index (κ3) is 0.987. The molecule has 0 aliphatic carbocycles. The normalized spacial score (nSPS) is 49.7. The highest BCUT2D eigenvalue weighted by Crippen LogP contribution is 2.30. The van der Waals surface area contributed by atoms with Gasteiger partial charge in [-0.2, -0.15) is 12.6 Å². The van der Waals surface area contributed by atoms with Crippen LogP contribution in [0.15, 0.2) is 0 Å². The molecule has 0 N–H and O–H groups in total. The molecule has 9 heavy (non-hydrogen) atoms. The summed E-state index contributed by atoms with van der Waals surface area (Å²) < 4.78 is 0. The molecule has 0 saturated carbocycles. The van der Waals surface area contributed by atoms with Crippen molar-refractivity contribution in [3.63, 3.8) is 0 Å². The molecular weight excluding hydrogens is 130 g/mol. The SMILES string of the molecule is SC1CN2CCC1CC2. The molecule has 3 aliphatic rings. The number of hydrogen-bond acceptors (Lipinski definition) is 2. The van der Waals surface area contributed by atoms with Gasteiger partial charge in [0.15, 0.2) is 0 Å². The average molecular weight is 143 g/mol. The van der Waals surface area contributed by atoms with E-state index in [2.05, 4.69) is 17.5 Å². The van der Waals surface area contributed by atoms with Gasteiger partial charge >= 0.3 is 0 Å². The third-order valence-corrected chi connectivity index (χ3v) is 3.21. The zero-order chi connectivity index (χ0) is 6.27. The summed E-state index contributed by atoms with van der Waals surface area (Å²) in [6.45, 7) is 3.91. The van der Waals surface area contributed by atoms with Crippen LogP contribution in [0.2, 0.25) is 0 Å². The minimum Gasteiger partial charge on any atom is -0.302 e. The molecule has 0 aromatic heterocycles. The van der Waals surface area contributed by atoms with Crippen LogP contribution in [0.25, 0.3) is 0 Å². The van der Waals surface area contributed by atoms with Crippen molar-refractivity contribution in [2.24, 2.45) is 5.92 Å². The second-order valence-corrected chi connectivity index (χ2v) is 3.87. The highest BCUT2D eigenvalue weighted by Gasteiger charge is 2.31. The fourth-order valence-electron chi connectivity index (χ4n) is 1.93. The molecule has 0 aromatic rings. The third-order valence-electron chi connectivity index (χ3n) is 2.62. The fraction of sp³-hybridized carbons (Fsp3) is 1.00. The van der Waals surface area contributed by atoms with Crippen molar-refractivity contribution in [1.82, 2.24) is 4.90 Å². The predicted octanol–water partition coefficient (Wildman–Crippen LogP) is 1.01. The van der Waals surface area contributed by atoms with Gasteiger partial charge in [0, 0.05) is 11.8 Å². The number of piperidine rings is 3. The van der Waals surface area contributed by atoms with E-state index in [-0.39, 0.29) is 0 Å². The molecule has 3 heterocycles. The molecule has 1 nitrogen and oxygen atoms in total. The topological polar surface area (TPSA) is 3.24 Å². The monoisotopic (exact) mass is 143 g/mol. The second-order valence-electron chi connectivity index (χ2n) is 3.21. The molecule has 0 amide bonds. The van der Waals surface area contributed by atoms with Gasteiger partial charge in [0.25, 0.3) is 0 Å². The zero-order valence-electron chi connectivity index (χ0n) is 5.58. The zero-order valence-corrected chi connectivity index (χ0v) is 6.48. The van der Waals surface area contributed by atoms with E-state index in [0.717, 1.165) is 5.92 Å². The van der Waals surface area contributed by atoms with E-state index in [4.69, 9.17) is 0 Å². The summed E-state index contributed by atoms with van der Waals surface area (Å²) in [5.41, 5.74) is 0. The summed E-state index contributed by atoms with van der Waals surface area (Å²) in [6.07, 6.45) is 2.79. The Hall–Kier alpha value is 0.310. The van der Waals surface area contributed by atoms with Crippen LogP contribution in [0.1, 0.15) is 12.8 Å². The first-order valence-corrected chi connectivity index (χ1v) is 4.28. The van der Waals surface area contributed by atoms with Crippen LogP contribution in [-0.2, 0) is 0 Å². The van der Waals surface area contributed by atoms with Gasteiger partial charge in [0.05, 0.1) is 0 Å². The maximum Gasteiger partial charge on any atom is 0.0173 e. The first kappa shape index (κ1) is 6.05. The Morgan fingerprint density at radius 1 is 1.22 bits per heavy atom. The molecule has 1 atom stereocenters. The quantitative estimate of drug-likeness (QED) is 0.495. The summed E-state index contributed by atoms with van der Waals surface area (Å²) in [6, 6.07) is 0. The van der Waals surface area contributed by atoms with Gasteiger partial charge in [-0.25, -0.2) is 0 Å². The van der Waals surface area contributed by atoms with Crippen LogP contribution < -0.4 is 0 Å². The van der Waals surface area contributed by atoms with E-state index in [1.54, 1.807) is 0 Å². The van der Waals surface area contributed by atoms with E-state index in [0.29, 0.717) is 5.25 Å². The smallest absolute Gasteiger partial charge is 0.0173 e. The van der Waals surface area contributed by atoms with Crippen LogP contribution >= 0.6 is 12.6 Å². The summed E-state index contributed by atoms with van der Waals surface area (Å²) >= 11 is 4.53. The molecule has 2 heteroatoms. The average Bonchev–Trinajstić information content (AvgIpc) is 1.90. The van der Waals surface area contributed by atoms with E-state index in [9.17, 15) is 0 Å². The van der Waals surface area contributed by atoms with Crippen LogP contribution in [0.3, 0.4) is 0 Å². The fourth-order valence-corrected chi connectivity index (χ4v) is 2.46. The van der Waals surface area contributed by atoms with Crippen molar-refractivity contribution >= 4 is 12.6 Å². The molecule has 3 rings (SSSR count). The summed E-state index contributed by atoms with van der Waals surface area (Å²) in [4.78, 5) is 2.53. The Labute approximate surface area is 61.8 Å².